The molecule has 0 bridgehead atoms. The molecule has 0 amide bonds. The van der Waals surface area contributed by atoms with Gasteiger partial charge >= 0.3 is 5.97 Å². The highest BCUT2D eigenvalue weighted by Crippen LogP contribution is 2.09. The second-order valence-corrected chi connectivity index (χ2v) is 4.54. The van der Waals surface area contributed by atoms with Crippen molar-refractivity contribution in [3.63, 3.8) is 0 Å². The van der Waals surface area contributed by atoms with Crippen LogP contribution in [0.15, 0.2) is 35.6 Å². The van der Waals surface area contributed by atoms with Crippen LogP contribution in [0.1, 0.15) is 47.5 Å². The van der Waals surface area contributed by atoms with Crippen LogP contribution in [0.3, 0.4) is 0 Å². The van der Waals surface area contributed by atoms with Crippen molar-refractivity contribution in [1.29, 1.82) is 0 Å². The third kappa shape index (κ3) is 8.49. The highest BCUT2D eigenvalue weighted by atomic mass is 16.5. The van der Waals surface area contributed by atoms with E-state index in [2.05, 4.69) is 26.8 Å². The van der Waals surface area contributed by atoms with E-state index < -0.39 is 0 Å². The number of hydrogen-bond donors (Lipinski definition) is 0. The summed E-state index contributed by atoms with van der Waals surface area (Å²) in [6.07, 6.45) is 9.54. The topological polar surface area (TPSA) is 26.3 Å². The van der Waals surface area contributed by atoms with Gasteiger partial charge in [-0.05, 0) is 52.5 Å². The van der Waals surface area contributed by atoms with Crippen LogP contribution in [0.25, 0.3) is 0 Å². The molecule has 17 heavy (non-hydrogen) atoms. The van der Waals surface area contributed by atoms with Gasteiger partial charge in [0, 0.05) is 5.57 Å². The molecule has 1 atom stereocenters. The van der Waals surface area contributed by atoms with Crippen molar-refractivity contribution in [3.8, 4) is 0 Å². The van der Waals surface area contributed by atoms with Crippen LogP contribution in [-0.2, 0) is 9.53 Å². The third-order valence-electron chi connectivity index (χ3n) is 2.51. The molecule has 0 heterocycles. The molecule has 0 aromatic rings. The molecule has 0 aliphatic heterocycles. The summed E-state index contributed by atoms with van der Waals surface area (Å²) in [4.78, 5) is 11.3. The number of carbonyl (C=O) groups is 1. The number of esters is 1. The SMILES string of the molecule is C/C=C(\C)C(=O)O/C=C/C(C)CCC=C(C)C. The van der Waals surface area contributed by atoms with Crippen molar-refractivity contribution < 1.29 is 9.53 Å². The molecule has 2 nitrogen and oxygen atoms in total. The van der Waals surface area contributed by atoms with Crippen molar-refractivity contribution in [2.24, 2.45) is 5.92 Å². The number of ether oxygens (including phenoxy) is 1. The lowest BCUT2D eigenvalue weighted by atomic mass is 10.1. The Labute approximate surface area is 105 Å². The van der Waals surface area contributed by atoms with Crippen LogP contribution in [0, 0.1) is 5.92 Å². The fourth-order valence-corrected chi connectivity index (χ4v) is 1.18. The van der Waals surface area contributed by atoms with Crippen molar-refractivity contribution in [2.45, 2.75) is 47.5 Å². The summed E-state index contributed by atoms with van der Waals surface area (Å²) in [5.74, 6) is 0.143. The average Bonchev–Trinajstić information content (AvgIpc) is 2.27. The molecule has 0 fully saturated rings. The predicted octanol–water partition coefficient (Wildman–Crippen LogP) is 4.39. The van der Waals surface area contributed by atoms with E-state index in [1.54, 1.807) is 13.0 Å². The minimum atomic E-state index is -0.278. The fourth-order valence-electron chi connectivity index (χ4n) is 1.18. The Bertz CT molecular complexity index is 318. The molecule has 0 aromatic heterocycles. The monoisotopic (exact) mass is 236 g/mol. The van der Waals surface area contributed by atoms with Crippen molar-refractivity contribution >= 4 is 5.97 Å². The molecular formula is C15H24O2. The maximum Gasteiger partial charge on any atom is 0.338 e. The van der Waals surface area contributed by atoms with E-state index in [4.69, 9.17) is 4.74 Å². The summed E-state index contributed by atoms with van der Waals surface area (Å²) in [6.45, 7) is 9.88. The zero-order valence-corrected chi connectivity index (χ0v) is 11.6. The smallest absolute Gasteiger partial charge is 0.338 e. The van der Waals surface area contributed by atoms with Crippen LogP contribution in [0.4, 0.5) is 0 Å². The molecule has 0 radical (unpaired) electrons. The minimum Gasteiger partial charge on any atom is -0.431 e. The molecular weight excluding hydrogens is 212 g/mol. The van der Waals surface area contributed by atoms with E-state index in [9.17, 15) is 4.79 Å². The average molecular weight is 236 g/mol. The highest BCUT2D eigenvalue weighted by molar-refractivity contribution is 5.87. The van der Waals surface area contributed by atoms with Gasteiger partial charge in [0.1, 0.15) is 0 Å². The van der Waals surface area contributed by atoms with Gasteiger partial charge in [-0.15, -0.1) is 0 Å². The van der Waals surface area contributed by atoms with E-state index in [-0.39, 0.29) is 5.97 Å². The molecule has 2 heteroatoms. The highest BCUT2D eigenvalue weighted by Gasteiger charge is 2.02. The van der Waals surface area contributed by atoms with Gasteiger partial charge in [-0.3, -0.25) is 0 Å². The lowest BCUT2D eigenvalue weighted by Crippen LogP contribution is -2.01. The third-order valence-corrected chi connectivity index (χ3v) is 2.51. The predicted molar refractivity (Wildman–Crippen MR) is 72.5 cm³/mol. The van der Waals surface area contributed by atoms with Gasteiger partial charge in [-0.2, -0.15) is 0 Å². The molecule has 0 rings (SSSR count). The largest absolute Gasteiger partial charge is 0.431 e. The molecule has 0 aliphatic rings. The first-order chi connectivity index (χ1) is 7.97. The summed E-state index contributed by atoms with van der Waals surface area (Å²) in [5.41, 5.74) is 1.98. The molecule has 1 unspecified atom stereocenters. The van der Waals surface area contributed by atoms with Crippen molar-refractivity contribution in [1.82, 2.24) is 0 Å². The molecule has 0 aliphatic carbocycles. The molecule has 0 saturated heterocycles. The van der Waals surface area contributed by atoms with Gasteiger partial charge in [0.15, 0.2) is 0 Å². The van der Waals surface area contributed by atoms with E-state index in [0.29, 0.717) is 11.5 Å². The van der Waals surface area contributed by atoms with Crippen molar-refractivity contribution in [3.05, 3.63) is 35.6 Å². The molecule has 0 aromatic carbocycles. The lowest BCUT2D eigenvalue weighted by Gasteiger charge is -2.04. The first-order valence-electron chi connectivity index (χ1n) is 6.11. The summed E-state index contributed by atoms with van der Waals surface area (Å²) >= 11 is 0. The zero-order chi connectivity index (χ0) is 13.3. The summed E-state index contributed by atoms with van der Waals surface area (Å²) < 4.78 is 4.99. The first-order valence-corrected chi connectivity index (χ1v) is 6.11. The summed E-state index contributed by atoms with van der Waals surface area (Å²) in [5, 5.41) is 0. The number of allylic oxidation sites excluding steroid dienone is 4. The quantitative estimate of drug-likeness (QED) is 0.296. The van der Waals surface area contributed by atoms with E-state index in [1.165, 1.54) is 11.8 Å². The number of carbonyl (C=O) groups excluding carboxylic acids is 1. The second kappa shape index (κ2) is 8.80. The first kappa shape index (κ1) is 15.7. The summed E-state index contributed by atoms with van der Waals surface area (Å²) in [6, 6.07) is 0. The van der Waals surface area contributed by atoms with E-state index in [0.717, 1.165) is 12.8 Å². The molecule has 0 saturated carbocycles. The lowest BCUT2D eigenvalue weighted by molar-refractivity contribution is -0.133. The van der Waals surface area contributed by atoms with Crippen molar-refractivity contribution in [2.75, 3.05) is 0 Å². The fraction of sp³-hybridized carbons (Fsp3) is 0.533. The van der Waals surface area contributed by atoms with Crippen LogP contribution in [0.5, 0.6) is 0 Å². The Morgan fingerprint density at radius 3 is 2.47 bits per heavy atom. The van der Waals surface area contributed by atoms with Crippen LogP contribution >= 0.6 is 0 Å². The summed E-state index contributed by atoms with van der Waals surface area (Å²) in [7, 11) is 0. The Morgan fingerprint density at radius 1 is 1.29 bits per heavy atom. The van der Waals surface area contributed by atoms with Gasteiger partial charge in [-0.25, -0.2) is 4.79 Å². The van der Waals surface area contributed by atoms with E-state index in [1.807, 2.05) is 13.0 Å². The normalized spacial score (nSPS) is 13.6. The van der Waals surface area contributed by atoms with Gasteiger partial charge in [0.2, 0.25) is 0 Å². The van der Waals surface area contributed by atoms with Crippen LogP contribution < -0.4 is 0 Å². The Kier molecular flexibility index (Phi) is 8.12. The van der Waals surface area contributed by atoms with Gasteiger partial charge < -0.3 is 4.74 Å². The molecule has 96 valence electrons. The maximum absolute atomic E-state index is 11.3. The maximum atomic E-state index is 11.3. The van der Waals surface area contributed by atoms with Gasteiger partial charge in [0.05, 0.1) is 6.26 Å². The Morgan fingerprint density at radius 2 is 1.94 bits per heavy atom. The zero-order valence-electron chi connectivity index (χ0n) is 11.6. The Hall–Kier alpha value is -1.31. The number of rotatable bonds is 6. The molecule has 0 N–H and O–H groups in total. The Balaban J connectivity index is 3.93. The second-order valence-electron chi connectivity index (χ2n) is 4.54. The van der Waals surface area contributed by atoms with Gasteiger partial charge in [-0.1, -0.05) is 24.6 Å². The van der Waals surface area contributed by atoms with Crippen LogP contribution in [-0.4, -0.2) is 5.97 Å². The number of hydrogen-bond acceptors (Lipinski definition) is 2. The standard InChI is InChI=1S/C15H24O2/c1-6-14(5)15(16)17-11-10-13(4)9-7-8-12(2)3/h6,8,10-11,13H,7,9H2,1-5H3/b11-10+,14-6+. The van der Waals surface area contributed by atoms with E-state index >= 15 is 0 Å². The molecule has 0 spiro atoms. The van der Waals surface area contributed by atoms with Crippen LogP contribution in [0.2, 0.25) is 0 Å². The minimum absolute atomic E-state index is 0.278. The van der Waals surface area contributed by atoms with Gasteiger partial charge in [0.25, 0.3) is 0 Å².